The van der Waals surface area contributed by atoms with Gasteiger partial charge in [-0.1, -0.05) is 11.6 Å². The first kappa shape index (κ1) is 24.9. The van der Waals surface area contributed by atoms with E-state index in [9.17, 15) is 14.0 Å². The van der Waals surface area contributed by atoms with Crippen LogP contribution in [0.3, 0.4) is 0 Å². The number of ether oxygens (including phenoxy) is 1. The average molecular weight is 502 g/mol. The van der Waals surface area contributed by atoms with E-state index in [1.165, 1.54) is 33.5 Å². The summed E-state index contributed by atoms with van der Waals surface area (Å²) in [6.07, 6.45) is 7.16. The van der Waals surface area contributed by atoms with Crippen LogP contribution in [0.4, 0.5) is 9.18 Å². The van der Waals surface area contributed by atoms with Gasteiger partial charge in [0.2, 0.25) is 0 Å². The fourth-order valence-electron chi connectivity index (χ4n) is 4.16. The topological polar surface area (TPSA) is 81.7 Å². The molecule has 3 heterocycles. The second kappa shape index (κ2) is 10.2. The van der Waals surface area contributed by atoms with Gasteiger partial charge in [0.25, 0.3) is 0 Å². The monoisotopic (exact) mass is 501 g/mol. The van der Waals surface area contributed by atoms with Gasteiger partial charge in [0.1, 0.15) is 11.4 Å². The Morgan fingerprint density at radius 1 is 1.20 bits per heavy atom. The summed E-state index contributed by atoms with van der Waals surface area (Å²) in [5, 5.41) is 5.22. The van der Waals surface area contributed by atoms with Crippen LogP contribution in [-0.4, -0.2) is 50.2 Å². The molecule has 0 N–H and O–H groups in total. The molecule has 1 unspecified atom stereocenters. The summed E-state index contributed by atoms with van der Waals surface area (Å²) >= 11 is 6.29. The smallest absolute Gasteiger partial charge is 0.410 e. The van der Waals surface area contributed by atoms with Gasteiger partial charge >= 0.3 is 11.8 Å². The van der Waals surface area contributed by atoms with Crippen LogP contribution >= 0.6 is 11.6 Å². The van der Waals surface area contributed by atoms with Crippen molar-refractivity contribution in [1.29, 1.82) is 0 Å². The Balaban J connectivity index is 1.76. The summed E-state index contributed by atoms with van der Waals surface area (Å²) in [4.78, 5) is 32.3. The van der Waals surface area contributed by atoms with Gasteiger partial charge in [-0.25, -0.2) is 23.2 Å². The first-order valence-corrected chi connectivity index (χ1v) is 12.0. The van der Waals surface area contributed by atoms with Crippen LogP contribution < -0.4 is 5.69 Å². The van der Waals surface area contributed by atoms with Crippen LogP contribution in [0.2, 0.25) is 0 Å². The first-order chi connectivity index (χ1) is 16.6. The SMILES string of the molecule is CC(C)(C)OC(=O)N1CCCCC(n2nc(C3=CC=NC=C(Cl)C3)n(-c3ccc(F)cc3)c2=O)C1. The highest BCUT2D eigenvalue weighted by molar-refractivity contribution is 6.30. The fourth-order valence-corrected chi connectivity index (χ4v) is 4.36. The van der Waals surface area contributed by atoms with E-state index in [4.69, 9.17) is 21.4 Å². The maximum absolute atomic E-state index is 13.7. The Labute approximate surface area is 208 Å². The minimum Gasteiger partial charge on any atom is -0.444 e. The van der Waals surface area contributed by atoms with Gasteiger partial charge in [-0.15, -0.1) is 5.10 Å². The molecule has 1 amide bonds. The molecule has 2 aromatic rings. The van der Waals surface area contributed by atoms with Crippen LogP contribution in [0, 0.1) is 5.82 Å². The Morgan fingerprint density at radius 2 is 1.94 bits per heavy atom. The Bertz CT molecular complexity index is 1240. The number of allylic oxidation sites excluding steroid dienone is 3. The Morgan fingerprint density at radius 3 is 2.66 bits per heavy atom. The van der Waals surface area contributed by atoms with E-state index >= 15 is 0 Å². The third-order valence-electron chi connectivity index (χ3n) is 5.75. The highest BCUT2D eigenvalue weighted by atomic mass is 35.5. The molecule has 186 valence electrons. The number of hydrogen-bond acceptors (Lipinski definition) is 5. The van der Waals surface area contributed by atoms with E-state index in [0.29, 0.717) is 48.0 Å². The van der Waals surface area contributed by atoms with Crippen LogP contribution in [-0.2, 0) is 4.74 Å². The van der Waals surface area contributed by atoms with Crippen molar-refractivity contribution in [2.75, 3.05) is 13.1 Å². The summed E-state index contributed by atoms with van der Waals surface area (Å²) in [6, 6.07) is 5.33. The van der Waals surface area contributed by atoms with Gasteiger partial charge in [0.05, 0.1) is 11.7 Å². The third-order valence-corrected chi connectivity index (χ3v) is 5.98. The minimum absolute atomic E-state index is 0.301. The minimum atomic E-state index is -0.618. The van der Waals surface area contributed by atoms with Crippen molar-refractivity contribution in [1.82, 2.24) is 19.2 Å². The van der Waals surface area contributed by atoms with Crippen molar-refractivity contribution in [3.05, 3.63) is 63.7 Å². The quantitative estimate of drug-likeness (QED) is 0.587. The van der Waals surface area contributed by atoms with Crippen LogP contribution in [0.1, 0.15) is 58.3 Å². The summed E-state index contributed by atoms with van der Waals surface area (Å²) in [7, 11) is 0. The molecular formula is C25H29ClFN5O3. The van der Waals surface area contributed by atoms with E-state index in [2.05, 4.69) is 4.99 Å². The zero-order valence-electron chi connectivity index (χ0n) is 20.1. The van der Waals surface area contributed by atoms with Gasteiger partial charge in [0.15, 0.2) is 5.82 Å². The van der Waals surface area contributed by atoms with Crippen molar-refractivity contribution >= 4 is 29.5 Å². The van der Waals surface area contributed by atoms with Crippen LogP contribution in [0.15, 0.2) is 51.4 Å². The van der Waals surface area contributed by atoms with Gasteiger partial charge in [-0.3, -0.25) is 4.99 Å². The van der Waals surface area contributed by atoms with Gasteiger partial charge in [-0.05, 0) is 70.4 Å². The number of aliphatic imine (C=N–C) groups is 1. The Hall–Kier alpha value is -3.20. The molecule has 10 heteroatoms. The lowest BCUT2D eigenvalue weighted by Crippen LogP contribution is -2.41. The van der Waals surface area contributed by atoms with E-state index in [1.54, 1.807) is 23.4 Å². The lowest BCUT2D eigenvalue weighted by molar-refractivity contribution is 0.0234. The van der Waals surface area contributed by atoms with Crippen molar-refractivity contribution in [2.24, 2.45) is 4.99 Å². The second-order valence-electron chi connectivity index (χ2n) is 9.68. The zero-order chi connectivity index (χ0) is 25.2. The molecule has 2 aliphatic rings. The highest BCUT2D eigenvalue weighted by Crippen LogP contribution is 2.28. The highest BCUT2D eigenvalue weighted by Gasteiger charge is 2.30. The summed E-state index contributed by atoms with van der Waals surface area (Å²) < 4.78 is 22.1. The third kappa shape index (κ3) is 5.90. The van der Waals surface area contributed by atoms with E-state index < -0.39 is 17.5 Å². The number of halogens is 2. The molecule has 1 atom stereocenters. The maximum Gasteiger partial charge on any atom is 0.410 e. The van der Waals surface area contributed by atoms with Crippen molar-refractivity contribution in [2.45, 2.75) is 58.1 Å². The average Bonchev–Trinajstić information content (AvgIpc) is 2.96. The van der Waals surface area contributed by atoms with Crippen LogP contribution in [0.25, 0.3) is 11.3 Å². The molecule has 0 bridgehead atoms. The van der Waals surface area contributed by atoms with E-state index in [0.717, 1.165) is 12.8 Å². The van der Waals surface area contributed by atoms with Crippen molar-refractivity contribution in [3.63, 3.8) is 0 Å². The molecular weight excluding hydrogens is 473 g/mol. The molecule has 1 saturated heterocycles. The number of rotatable bonds is 3. The second-order valence-corrected chi connectivity index (χ2v) is 10.2. The summed E-state index contributed by atoms with van der Waals surface area (Å²) in [6.45, 7) is 6.32. The zero-order valence-corrected chi connectivity index (χ0v) is 20.8. The van der Waals surface area contributed by atoms with E-state index in [-0.39, 0.29) is 11.7 Å². The number of carbonyl (C=O) groups is 1. The molecule has 0 saturated carbocycles. The molecule has 0 spiro atoms. The molecule has 2 aliphatic heterocycles. The Kier molecular flexibility index (Phi) is 7.25. The number of benzene rings is 1. The number of amides is 1. The summed E-state index contributed by atoms with van der Waals surface area (Å²) in [5.74, 6) is -0.00567. The number of carbonyl (C=O) groups excluding carboxylic acids is 1. The molecule has 1 aromatic carbocycles. The van der Waals surface area contributed by atoms with Crippen LogP contribution in [0.5, 0.6) is 0 Å². The predicted octanol–water partition coefficient (Wildman–Crippen LogP) is 5.07. The van der Waals surface area contributed by atoms with Gasteiger partial charge in [-0.2, -0.15) is 0 Å². The number of likely N-dealkylation sites (tertiary alicyclic amines) is 1. The molecule has 1 fully saturated rings. The molecule has 35 heavy (non-hydrogen) atoms. The normalized spacial score (nSPS) is 19.0. The standard InChI is InChI=1S/C25H29ClFN5O3/c1-25(2,3)35-24(34)30-13-5-4-6-21(16-30)32-23(33)31(20-9-7-19(27)8-10-20)22(29-32)17-11-12-28-15-18(26)14-17/h7-12,15,21H,4-6,13-14,16H2,1-3H3. The first-order valence-electron chi connectivity index (χ1n) is 11.6. The van der Waals surface area contributed by atoms with Gasteiger partial charge < -0.3 is 9.64 Å². The summed E-state index contributed by atoms with van der Waals surface area (Å²) in [5.41, 5.74) is 0.195. The molecule has 8 nitrogen and oxygen atoms in total. The predicted molar refractivity (Wildman–Crippen MR) is 133 cm³/mol. The van der Waals surface area contributed by atoms with E-state index in [1.807, 2.05) is 20.8 Å². The van der Waals surface area contributed by atoms with Crippen molar-refractivity contribution < 1.29 is 13.9 Å². The lowest BCUT2D eigenvalue weighted by Gasteiger charge is -2.28. The molecule has 4 rings (SSSR count). The number of nitrogens with zero attached hydrogens (tertiary/aromatic N) is 5. The maximum atomic E-state index is 13.7. The lowest BCUT2D eigenvalue weighted by atomic mass is 10.1. The largest absolute Gasteiger partial charge is 0.444 e. The number of hydrogen-bond donors (Lipinski definition) is 0. The molecule has 0 radical (unpaired) electrons. The fraction of sp³-hybridized carbons (Fsp3) is 0.440. The van der Waals surface area contributed by atoms with Crippen molar-refractivity contribution in [3.8, 4) is 5.69 Å². The van der Waals surface area contributed by atoms with Gasteiger partial charge in [0, 0.05) is 42.5 Å². The molecule has 1 aromatic heterocycles. The number of aromatic nitrogens is 3. The molecule has 0 aliphatic carbocycles.